The standard InChI is InChI=1S/C18H14Cl4N4OS/c1-9(17(27)23-15-8-13(21)12(20)7-14(15)22)28-18-25-24-16(26(18)2)10-3-5-11(19)6-4-10/h3-9H,1-2H3,(H,23,27). The molecule has 28 heavy (non-hydrogen) atoms. The summed E-state index contributed by atoms with van der Waals surface area (Å²) in [4.78, 5) is 12.6. The zero-order valence-electron chi connectivity index (χ0n) is 14.7. The van der Waals surface area contributed by atoms with Gasteiger partial charge in [0.2, 0.25) is 5.91 Å². The highest BCUT2D eigenvalue weighted by Gasteiger charge is 2.20. The third kappa shape index (κ3) is 4.75. The van der Waals surface area contributed by atoms with Gasteiger partial charge in [-0.3, -0.25) is 4.79 Å². The third-order valence-electron chi connectivity index (χ3n) is 3.86. The minimum atomic E-state index is -0.452. The first-order valence-corrected chi connectivity index (χ1v) is 10.4. The maximum absolute atomic E-state index is 12.6. The Bertz CT molecular complexity index is 1020. The van der Waals surface area contributed by atoms with E-state index in [0.29, 0.717) is 36.8 Å². The fraction of sp³-hybridized carbons (Fsp3) is 0.167. The Morgan fingerprint density at radius 1 is 1.04 bits per heavy atom. The first-order valence-electron chi connectivity index (χ1n) is 8.03. The number of rotatable bonds is 5. The lowest BCUT2D eigenvalue weighted by atomic mass is 10.2. The molecule has 0 fully saturated rings. The van der Waals surface area contributed by atoms with Crippen molar-refractivity contribution >= 4 is 69.8 Å². The number of nitrogens with zero attached hydrogens (tertiary/aromatic N) is 3. The molecule has 0 bridgehead atoms. The number of hydrogen-bond acceptors (Lipinski definition) is 4. The van der Waals surface area contributed by atoms with E-state index in [-0.39, 0.29) is 5.91 Å². The molecule has 1 heterocycles. The van der Waals surface area contributed by atoms with Crippen LogP contribution in [0.25, 0.3) is 11.4 Å². The zero-order chi connectivity index (χ0) is 20.4. The van der Waals surface area contributed by atoms with Crippen LogP contribution in [0.15, 0.2) is 41.6 Å². The Balaban J connectivity index is 1.73. The number of nitrogens with one attached hydrogen (secondary N) is 1. The van der Waals surface area contributed by atoms with Crippen molar-refractivity contribution in [3.63, 3.8) is 0 Å². The minimum absolute atomic E-state index is 0.249. The summed E-state index contributed by atoms with van der Waals surface area (Å²) in [5.41, 5.74) is 1.28. The Labute approximate surface area is 186 Å². The van der Waals surface area contributed by atoms with Crippen LogP contribution in [0.2, 0.25) is 20.1 Å². The third-order valence-corrected chi connectivity index (χ3v) is 6.28. The molecular formula is C18H14Cl4N4OS. The molecular weight excluding hydrogens is 462 g/mol. The van der Waals surface area contributed by atoms with E-state index in [1.54, 1.807) is 19.1 Å². The summed E-state index contributed by atoms with van der Waals surface area (Å²) in [5.74, 6) is 0.431. The summed E-state index contributed by atoms with van der Waals surface area (Å²) >= 11 is 25.2. The van der Waals surface area contributed by atoms with Crippen LogP contribution in [0, 0.1) is 0 Å². The zero-order valence-corrected chi connectivity index (χ0v) is 18.6. The molecule has 0 aliphatic rings. The highest BCUT2D eigenvalue weighted by Crippen LogP contribution is 2.33. The van der Waals surface area contributed by atoms with Gasteiger partial charge < -0.3 is 9.88 Å². The SMILES string of the molecule is CC(Sc1nnc(-c2ccc(Cl)cc2)n1C)C(=O)Nc1cc(Cl)c(Cl)cc1Cl. The van der Waals surface area contributed by atoms with Crippen molar-refractivity contribution in [1.82, 2.24) is 14.8 Å². The molecule has 10 heteroatoms. The Kier molecular flexibility index (Phi) is 6.78. The van der Waals surface area contributed by atoms with Crippen molar-refractivity contribution in [3.8, 4) is 11.4 Å². The number of carbonyl (C=O) groups is 1. The van der Waals surface area contributed by atoms with Gasteiger partial charge in [-0.2, -0.15) is 0 Å². The summed E-state index contributed by atoms with van der Waals surface area (Å²) in [5, 5.41) is 12.9. The minimum Gasteiger partial charge on any atom is -0.324 e. The van der Waals surface area contributed by atoms with Gasteiger partial charge in [0.15, 0.2) is 11.0 Å². The number of aromatic nitrogens is 3. The Morgan fingerprint density at radius 2 is 1.68 bits per heavy atom. The van der Waals surface area contributed by atoms with E-state index in [1.807, 2.05) is 23.7 Å². The number of amides is 1. The predicted molar refractivity (Wildman–Crippen MR) is 117 cm³/mol. The number of hydrogen-bond donors (Lipinski definition) is 1. The van der Waals surface area contributed by atoms with E-state index < -0.39 is 5.25 Å². The van der Waals surface area contributed by atoms with Crippen LogP contribution in [-0.4, -0.2) is 25.9 Å². The second kappa shape index (κ2) is 8.93. The number of anilines is 1. The molecule has 1 atom stereocenters. The van der Waals surface area contributed by atoms with Gasteiger partial charge >= 0.3 is 0 Å². The first kappa shape index (κ1) is 21.3. The molecule has 1 unspecified atom stereocenters. The smallest absolute Gasteiger partial charge is 0.237 e. The van der Waals surface area contributed by atoms with Crippen molar-refractivity contribution in [2.75, 3.05) is 5.32 Å². The van der Waals surface area contributed by atoms with E-state index in [4.69, 9.17) is 46.4 Å². The lowest BCUT2D eigenvalue weighted by Gasteiger charge is -2.13. The average molecular weight is 476 g/mol. The van der Waals surface area contributed by atoms with Gasteiger partial charge in [0.1, 0.15) is 0 Å². The van der Waals surface area contributed by atoms with Crippen molar-refractivity contribution in [2.45, 2.75) is 17.3 Å². The van der Waals surface area contributed by atoms with E-state index in [0.717, 1.165) is 5.56 Å². The molecule has 0 aliphatic heterocycles. The molecule has 1 N–H and O–H groups in total. The molecule has 2 aromatic carbocycles. The second-order valence-corrected chi connectivity index (χ2v) is 8.83. The predicted octanol–water partition coefficient (Wildman–Crippen LogP) is 6.22. The van der Waals surface area contributed by atoms with Gasteiger partial charge in [-0.25, -0.2) is 0 Å². The van der Waals surface area contributed by atoms with Crippen molar-refractivity contribution in [2.24, 2.45) is 7.05 Å². The van der Waals surface area contributed by atoms with Crippen LogP contribution < -0.4 is 5.32 Å². The van der Waals surface area contributed by atoms with Gasteiger partial charge in [-0.1, -0.05) is 58.2 Å². The van der Waals surface area contributed by atoms with Gasteiger partial charge in [-0.15, -0.1) is 10.2 Å². The molecule has 0 spiro atoms. The highest BCUT2D eigenvalue weighted by molar-refractivity contribution is 8.00. The van der Waals surface area contributed by atoms with Gasteiger partial charge in [0, 0.05) is 17.6 Å². The lowest BCUT2D eigenvalue weighted by Crippen LogP contribution is -2.23. The van der Waals surface area contributed by atoms with Crippen LogP contribution >= 0.6 is 58.2 Å². The van der Waals surface area contributed by atoms with E-state index >= 15 is 0 Å². The van der Waals surface area contributed by atoms with Crippen molar-refractivity contribution in [3.05, 3.63) is 56.5 Å². The molecule has 5 nitrogen and oxygen atoms in total. The second-order valence-electron chi connectivity index (χ2n) is 5.87. The summed E-state index contributed by atoms with van der Waals surface area (Å²) in [7, 11) is 1.84. The number of carbonyl (C=O) groups excluding carboxylic acids is 1. The van der Waals surface area contributed by atoms with Crippen LogP contribution in [0.1, 0.15) is 6.92 Å². The molecule has 0 saturated carbocycles. The summed E-state index contributed by atoms with van der Waals surface area (Å²) in [6.45, 7) is 1.77. The monoisotopic (exact) mass is 474 g/mol. The number of benzene rings is 2. The fourth-order valence-electron chi connectivity index (χ4n) is 2.33. The maximum Gasteiger partial charge on any atom is 0.237 e. The molecule has 1 aromatic heterocycles. The van der Waals surface area contributed by atoms with Gasteiger partial charge in [0.25, 0.3) is 0 Å². The number of thioether (sulfide) groups is 1. The van der Waals surface area contributed by atoms with E-state index in [9.17, 15) is 4.79 Å². The Hall–Kier alpha value is -1.44. The molecule has 1 amide bonds. The van der Waals surface area contributed by atoms with Crippen LogP contribution in [-0.2, 0) is 11.8 Å². The van der Waals surface area contributed by atoms with Crippen molar-refractivity contribution < 1.29 is 4.79 Å². The van der Waals surface area contributed by atoms with Gasteiger partial charge in [0.05, 0.1) is 26.0 Å². The molecule has 0 aliphatic carbocycles. The average Bonchev–Trinajstić information content (AvgIpc) is 3.00. The Morgan fingerprint density at radius 3 is 2.36 bits per heavy atom. The number of halogens is 4. The first-order chi connectivity index (χ1) is 13.3. The van der Waals surface area contributed by atoms with Crippen LogP contribution in [0.3, 0.4) is 0 Å². The molecule has 3 aromatic rings. The molecule has 3 rings (SSSR count). The van der Waals surface area contributed by atoms with E-state index in [2.05, 4.69) is 15.5 Å². The largest absolute Gasteiger partial charge is 0.324 e. The van der Waals surface area contributed by atoms with Gasteiger partial charge in [-0.05, 0) is 43.3 Å². The topological polar surface area (TPSA) is 59.8 Å². The quantitative estimate of drug-likeness (QED) is 0.351. The lowest BCUT2D eigenvalue weighted by molar-refractivity contribution is -0.115. The van der Waals surface area contributed by atoms with E-state index in [1.165, 1.54) is 23.9 Å². The normalized spacial score (nSPS) is 12.1. The summed E-state index contributed by atoms with van der Waals surface area (Å²) in [6.07, 6.45) is 0. The fourth-order valence-corrected chi connectivity index (χ4v) is 3.87. The van der Waals surface area contributed by atoms with Crippen LogP contribution in [0.4, 0.5) is 5.69 Å². The molecule has 0 radical (unpaired) electrons. The molecule has 0 saturated heterocycles. The van der Waals surface area contributed by atoms with Crippen LogP contribution in [0.5, 0.6) is 0 Å². The molecule has 146 valence electrons. The highest BCUT2D eigenvalue weighted by atomic mass is 35.5. The maximum atomic E-state index is 12.6. The summed E-state index contributed by atoms with van der Waals surface area (Å²) in [6, 6.07) is 10.3. The van der Waals surface area contributed by atoms with Crippen molar-refractivity contribution in [1.29, 1.82) is 0 Å². The summed E-state index contributed by atoms with van der Waals surface area (Å²) < 4.78 is 1.82.